The maximum atomic E-state index is 14.6. The second-order valence-corrected chi connectivity index (χ2v) is 15.5. The first-order valence-corrected chi connectivity index (χ1v) is 20.0. The average molecular weight is 832 g/mol. The van der Waals surface area contributed by atoms with Crippen molar-refractivity contribution >= 4 is 23.9 Å². The summed E-state index contributed by atoms with van der Waals surface area (Å²) in [5, 5.41) is 55.9. The molecule has 320 valence electrons. The third kappa shape index (κ3) is 7.76. The molecule has 3 aromatic carbocycles. The molecule has 0 radical (unpaired) electrons. The third-order valence-electron chi connectivity index (χ3n) is 11.8. The molecule has 11 atom stereocenters. The summed E-state index contributed by atoms with van der Waals surface area (Å²) in [5.74, 6) is -2.94. The van der Waals surface area contributed by atoms with Crippen LogP contribution in [0.5, 0.6) is 0 Å². The SMILES string of the molecule is O=C(CCNC(=O)C12CC3OC(=O)C1N(Cc1cccc(C=CCOC4OC(CO)C(O)C(O)C4O)c1)OC2C1OC(c2ccccc2)(c2ccccc2)OC31)NCCO. The lowest BCUT2D eigenvalue weighted by molar-refractivity contribution is -0.298. The molecule has 4 aliphatic heterocycles. The first kappa shape index (κ1) is 42.1. The van der Waals surface area contributed by atoms with Crippen LogP contribution in [0, 0.1) is 5.41 Å². The minimum atomic E-state index is -1.56. The Balaban J connectivity index is 1.06. The quantitative estimate of drug-likeness (QED) is 0.0968. The van der Waals surface area contributed by atoms with Crippen LogP contribution in [0.25, 0.3) is 6.08 Å². The van der Waals surface area contributed by atoms with Crippen molar-refractivity contribution in [3.8, 4) is 0 Å². The molecule has 17 heteroatoms. The van der Waals surface area contributed by atoms with Crippen LogP contribution in [0.4, 0.5) is 0 Å². The van der Waals surface area contributed by atoms with Crippen molar-refractivity contribution in [2.45, 2.75) is 86.3 Å². The van der Waals surface area contributed by atoms with Gasteiger partial charge in [-0.1, -0.05) is 97.1 Å². The number of hydroxylamine groups is 2. The Hall–Kier alpha value is -4.63. The summed E-state index contributed by atoms with van der Waals surface area (Å²) in [6, 6.07) is 25.0. The largest absolute Gasteiger partial charge is 0.458 e. The number of carbonyl (C=O) groups is 3. The fourth-order valence-corrected chi connectivity index (χ4v) is 8.94. The number of rotatable bonds is 15. The molecule has 17 nitrogen and oxygen atoms in total. The Labute approximate surface area is 345 Å². The molecule has 4 heterocycles. The van der Waals surface area contributed by atoms with Crippen LogP contribution in [0.15, 0.2) is 91.0 Å². The zero-order valence-corrected chi connectivity index (χ0v) is 32.5. The van der Waals surface area contributed by atoms with Crippen molar-refractivity contribution < 1.29 is 68.4 Å². The molecule has 2 amide bonds. The van der Waals surface area contributed by atoms with Crippen molar-refractivity contribution in [3.05, 3.63) is 113 Å². The van der Waals surface area contributed by atoms with E-state index in [1.165, 1.54) is 5.06 Å². The van der Waals surface area contributed by atoms with E-state index in [2.05, 4.69) is 10.6 Å². The van der Waals surface area contributed by atoms with E-state index in [4.69, 9.17) is 33.6 Å². The van der Waals surface area contributed by atoms with Gasteiger partial charge >= 0.3 is 5.97 Å². The summed E-state index contributed by atoms with van der Waals surface area (Å²) < 4.78 is 31.0. The standard InChI is InChI=1S/C43H49N3O14/c47-19-18-44-31(49)16-17-45-41(54)42-22-29-35-36(59-43(58-35,27-12-3-1-4-13-27)28-14-5-2-6-15-28)38(42)60-46(37(42)39(53)56-29)23-26-10-7-9-25(21-26)11-8-20-55-40-34(52)33(51)32(50)30(24-48)57-40/h1-15,21,29-30,32-38,40,47-48,50-52H,16-20,22-24H2,(H,44,49)(H,45,54). The molecule has 1 aliphatic carbocycles. The zero-order valence-electron chi connectivity index (χ0n) is 32.5. The van der Waals surface area contributed by atoms with Crippen molar-refractivity contribution in [1.82, 2.24) is 15.7 Å². The molecule has 8 rings (SSSR count). The minimum Gasteiger partial charge on any atom is -0.458 e. The number of nitrogens with zero attached hydrogens (tertiary/aromatic N) is 1. The molecule has 11 unspecified atom stereocenters. The number of fused-ring (bicyclic) bond motifs is 4. The highest BCUT2D eigenvalue weighted by Gasteiger charge is 2.76. The van der Waals surface area contributed by atoms with Crippen LogP contribution in [-0.2, 0) is 55.2 Å². The van der Waals surface area contributed by atoms with Gasteiger partial charge in [0.2, 0.25) is 17.6 Å². The van der Waals surface area contributed by atoms with Crippen molar-refractivity contribution in [2.24, 2.45) is 5.41 Å². The molecule has 4 saturated heterocycles. The monoisotopic (exact) mass is 831 g/mol. The van der Waals surface area contributed by atoms with Gasteiger partial charge in [-0.3, -0.25) is 19.2 Å². The van der Waals surface area contributed by atoms with Crippen LogP contribution in [0.1, 0.15) is 35.1 Å². The first-order valence-electron chi connectivity index (χ1n) is 20.0. The van der Waals surface area contributed by atoms with Crippen LogP contribution < -0.4 is 10.6 Å². The van der Waals surface area contributed by atoms with Gasteiger partial charge in [-0.05, 0) is 11.1 Å². The van der Waals surface area contributed by atoms with Gasteiger partial charge in [0.1, 0.15) is 54.2 Å². The summed E-state index contributed by atoms with van der Waals surface area (Å²) >= 11 is 0. The Bertz CT molecular complexity index is 1980. The smallest absolute Gasteiger partial charge is 0.327 e. The summed E-state index contributed by atoms with van der Waals surface area (Å²) in [4.78, 5) is 48.0. The normalized spacial score (nSPS) is 33.0. The summed E-state index contributed by atoms with van der Waals surface area (Å²) in [5.41, 5.74) is 1.36. The van der Waals surface area contributed by atoms with Crippen molar-refractivity contribution in [1.29, 1.82) is 0 Å². The number of nitrogens with one attached hydrogen (secondary N) is 2. The highest BCUT2D eigenvalue weighted by molar-refractivity contribution is 5.94. The van der Waals surface area contributed by atoms with E-state index < -0.39 is 90.8 Å². The summed E-state index contributed by atoms with van der Waals surface area (Å²) in [6.07, 6.45) is -7.14. The molecule has 5 aliphatic rings. The number of hydrogen-bond donors (Lipinski definition) is 7. The van der Waals surface area contributed by atoms with Crippen LogP contribution in [0.3, 0.4) is 0 Å². The van der Waals surface area contributed by atoms with Crippen LogP contribution in [-0.4, -0.2) is 142 Å². The van der Waals surface area contributed by atoms with Gasteiger partial charge < -0.3 is 59.9 Å². The van der Waals surface area contributed by atoms with E-state index in [-0.39, 0.29) is 51.6 Å². The van der Waals surface area contributed by atoms with Gasteiger partial charge in [0.15, 0.2) is 12.3 Å². The second-order valence-electron chi connectivity index (χ2n) is 15.5. The van der Waals surface area contributed by atoms with E-state index in [9.17, 15) is 34.8 Å². The topological polar surface area (TPSA) is 235 Å². The molecule has 0 aromatic heterocycles. The Morgan fingerprint density at radius 2 is 1.58 bits per heavy atom. The molecule has 5 fully saturated rings. The maximum Gasteiger partial charge on any atom is 0.327 e. The van der Waals surface area contributed by atoms with Gasteiger partial charge in [-0.15, -0.1) is 0 Å². The Morgan fingerprint density at radius 1 is 0.867 bits per heavy atom. The van der Waals surface area contributed by atoms with Gasteiger partial charge in [0.25, 0.3) is 0 Å². The second kappa shape index (κ2) is 17.8. The third-order valence-corrected chi connectivity index (χ3v) is 11.8. The summed E-state index contributed by atoms with van der Waals surface area (Å²) in [7, 11) is 0. The van der Waals surface area contributed by atoms with E-state index >= 15 is 0 Å². The number of ether oxygens (including phenoxy) is 5. The van der Waals surface area contributed by atoms with E-state index in [0.717, 1.165) is 11.1 Å². The molecule has 60 heavy (non-hydrogen) atoms. The van der Waals surface area contributed by atoms with Gasteiger partial charge in [-0.25, -0.2) is 0 Å². The first-order chi connectivity index (χ1) is 29.1. The van der Waals surface area contributed by atoms with Crippen LogP contribution in [0.2, 0.25) is 0 Å². The van der Waals surface area contributed by atoms with Gasteiger partial charge in [0, 0.05) is 37.1 Å². The molecule has 7 N–H and O–H groups in total. The van der Waals surface area contributed by atoms with E-state index in [0.29, 0.717) is 11.1 Å². The van der Waals surface area contributed by atoms with Gasteiger partial charge in [-0.2, -0.15) is 5.06 Å². The number of hydrogen-bond acceptors (Lipinski definition) is 15. The number of benzene rings is 3. The molecule has 0 spiro atoms. The van der Waals surface area contributed by atoms with Crippen LogP contribution >= 0.6 is 0 Å². The lowest BCUT2D eigenvalue weighted by Gasteiger charge is -2.48. The predicted molar refractivity (Wildman–Crippen MR) is 207 cm³/mol. The molecule has 2 bridgehead atoms. The molecular weight excluding hydrogens is 782 g/mol. The lowest BCUT2D eigenvalue weighted by Crippen LogP contribution is -2.69. The summed E-state index contributed by atoms with van der Waals surface area (Å²) in [6.45, 7) is -0.738. The fourth-order valence-electron chi connectivity index (χ4n) is 8.94. The predicted octanol–water partition coefficient (Wildman–Crippen LogP) is -0.384. The molecular formula is C43H49N3O14. The Kier molecular flexibility index (Phi) is 12.5. The zero-order chi connectivity index (χ0) is 42.0. The number of aliphatic hydroxyl groups is 5. The highest BCUT2D eigenvalue weighted by Crippen LogP contribution is 2.59. The molecule has 3 aromatic rings. The maximum absolute atomic E-state index is 14.6. The van der Waals surface area contributed by atoms with E-state index in [1.54, 1.807) is 12.2 Å². The van der Waals surface area contributed by atoms with Crippen molar-refractivity contribution in [3.63, 3.8) is 0 Å². The number of esters is 1. The number of aliphatic hydroxyl groups excluding tert-OH is 5. The Morgan fingerprint density at radius 3 is 2.28 bits per heavy atom. The minimum absolute atomic E-state index is 0.0328. The highest BCUT2D eigenvalue weighted by atomic mass is 16.8. The van der Waals surface area contributed by atoms with E-state index in [1.807, 2.05) is 84.9 Å². The fraction of sp³-hybridized carbons (Fsp3) is 0.465. The number of amides is 2. The number of carbonyl (C=O) groups excluding carboxylic acids is 3. The van der Waals surface area contributed by atoms with Crippen molar-refractivity contribution in [2.75, 3.05) is 32.9 Å². The average Bonchev–Trinajstić information content (AvgIpc) is 3.85. The molecule has 1 saturated carbocycles. The van der Waals surface area contributed by atoms with Gasteiger partial charge in [0.05, 0.1) is 26.4 Å². The lowest BCUT2D eigenvalue weighted by atomic mass is 9.62.